The van der Waals surface area contributed by atoms with Crippen LogP contribution in [-0.2, 0) is 11.3 Å². The van der Waals surface area contributed by atoms with Crippen LogP contribution < -0.4 is 5.32 Å². The molecule has 4 nitrogen and oxygen atoms in total. The smallest absolute Gasteiger partial charge is 0.254 e. The predicted molar refractivity (Wildman–Crippen MR) is 101 cm³/mol. The lowest BCUT2D eigenvalue weighted by Crippen LogP contribution is -2.42. The Morgan fingerprint density at radius 3 is 2.52 bits per heavy atom. The van der Waals surface area contributed by atoms with Crippen molar-refractivity contribution in [2.75, 3.05) is 25.5 Å². The van der Waals surface area contributed by atoms with Gasteiger partial charge in [-0.3, -0.25) is 4.79 Å². The van der Waals surface area contributed by atoms with E-state index in [1.54, 1.807) is 7.11 Å². The zero-order valence-corrected chi connectivity index (χ0v) is 15.0. The molecule has 0 aromatic heterocycles. The Bertz CT molecular complexity index is 721. The van der Waals surface area contributed by atoms with Crippen molar-refractivity contribution in [1.29, 1.82) is 0 Å². The first kappa shape index (κ1) is 17.5. The molecular formula is C21H26N2O2. The second-order valence-corrected chi connectivity index (χ2v) is 6.62. The Morgan fingerprint density at radius 1 is 1.12 bits per heavy atom. The molecule has 3 rings (SSSR count). The molecule has 0 bridgehead atoms. The van der Waals surface area contributed by atoms with Crippen molar-refractivity contribution in [1.82, 2.24) is 4.90 Å². The molecular weight excluding hydrogens is 312 g/mol. The number of aryl methyl sites for hydroxylation is 1. The number of piperidine rings is 1. The Labute approximate surface area is 149 Å². The molecule has 25 heavy (non-hydrogen) atoms. The van der Waals surface area contributed by atoms with Gasteiger partial charge in [-0.25, -0.2) is 0 Å². The minimum atomic E-state index is 0.113. The Morgan fingerprint density at radius 2 is 1.80 bits per heavy atom. The molecule has 132 valence electrons. The molecule has 2 aromatic rings. The van der Waals surface area contributed by atoms with Gasteiger partial charge >= 0.3 is 0 Å². The number of likely N-dealkylation sites (tertiary alicyclic amines) is 1. The van der Waals surface area contributed by atoms with E-state index in [-0.39, 0.29) is 5.91 Å². The molecule has 1 amide bonds. The quantitative estimate of drug-likeness (QED) is 0.900. The van der Waals surface area contributed by atoms with Gasteiger partial charge in [0.1, 0.15) is 0 Å². The number of anilines is 1. The van der Waals surface area contributed by atoms with Crippen LogP contribution in [0, 0.1) is 6.92 Å². The maximum Gasteiger partial charge on any atom is 0.254 e. The Hall–Kier alpha value is -2.33. The number of ether oxygens (including phenoxy) is 1. The number of benzene rings is 2. The number of methoxy groups -OCH3 is 1. The number of nitrogens with one attached hydrogen (secondary N) is 1. The molecule has 0 radical (unpaired) electrons. The van der Waals surface area contributed by atoms with E-state index in [0.29, 0.717) is 12.6 Å². The summed E-state index contributed by atoms with van der Waals surface area (Å²) in [5.41, 5.74) is 4.16. The topological polar surface area (TPSA) is 41.6 Å². The molecule has 0 aliphatic carbocycles. The van der Waals surface area contributed by atoms with Gasteiger partial charge in [-0.05, 0) is 43.0 Å². The van der Waals surface area contributed by atoms with Gasteiger partial charge in [-0.2, -0.15) is 0 Å². The van der Waals surface area contributed by atoms with Crippen LogP contribution in [-0.4, -0.2) is 37.0 Å². The van der Waals surface area contributed by atoms with Gasteiger partial charge in [0.15, 0.2) is 0 Å². The van der Waals surface area contributed by atoms with Crippen molar-refractivity contribution >= 4 is 11.6 Å². The Kier molecular flexibility index (Phi) is 5.71. The number of para-hydroxylation sites is 1. The second-order valence-electron chi connectivity index (χ2n) is 6.62. The number of carbonyl (C=O) groups is 1. The van der Waals surface area contributed by atoms with Crippen molar-refractivity contribution in [3.05, 3.63) is 65.2 Å². The normalized spacial score (nSPS) is 15.2. The minimum Gasteiger partial charge on any atom is -0.382 e. The number of nitrogens with zero attached hydrogens (tertiary/aromatic N) is 1. The highest BCUT2D eigenvalue weighted by molar-refractivity contribution is 5.95. The standard InChI is InChI=1S/C21H26N2O2/c1-16-7-3-6-10-20(16)22-18-11-13-23(14-12-18)21(24)19-9-5-4-8-17(19)15-25-2/h3-10,18,22H,11-15H2,1-2H3. The summed E-state index contributed by atoms with van der Waals surface area (Å²) in [5.74, 6) is 0.113. The van der Waals surface area contributed by atoms with Crippen molar-refractivity contribution in [3.63, 3.8) is 0 Å². The van der Waals surface area contributed by atoms with Crippen molar-refractivity contribution in [2.45, 2.75) is 32.4 Å². The summed E-state index contributed by atoms with van der Waals surface area (Å²) < 4.78 is 5.22. The van der Waals surface area contributed by atoms with E-state index >= 15 is 0 Å². The maximum absolute atomic E-state index is 12.9. The van der Waals surface area contributed by atoms with Gasteiger partial charge in [0, 0.05) is 37.5 Å². The van der Waals surface area contributed by atoms with Crippen LogP contribution in [0.4, 0.5) is 5.69 Å². The van der Waals surface area contributed by atoms with E-state index in [4.69, 9.17) is 4.74 Å². The minimum absolute atomic E-state index is 0.113. The molecule has 0 spiro atoms. The van der Waals surface area contributed by atoms with Gasteiger partial charge in [0.2, 0.25) is 0 Å². The molecule has 1 aliphatic heterocycles. The highest BCUT2D eigenvalue weighted by Gasteiger charge is 2.25. The summed E-state index contributed by atoms with van der Waals surface area (Å²) in [6.07, 6.45) is 1.93. The number of hydrogen-bond acceptors (Lipinski definition) is 3. The SMILES string of the molecule is COCc1ccccc1C(=O)N1CCC(Nc2ccccc2C)CC1. The van der Waals surface area contributed by atoms with Crippen molar-refractivity contribution < 1.29 is 9.53 Å². The fourth-order valence-corrected chi connectivity index (χ4v) is 3.36. The van der Waals surface area contributed by atoms with Crippen LogP contribution in [0.3, 0.4) is 0 Å². The first-order chi connectivity index (χ1) is 12.2. The molecule has 2 aromatic carbocycles. The molecule has 0 atom stereocenters. The number of hydrogen-bond donors (Lipinski definition) is 1. The first-order valence-electron chi connectivity index (χ1n) is 8.87. The van der Waals surface area contributed by atoms with Crippen molar-refractivity contribution in [2.24, 2.45) is 0 Å². The largest absolute Gasteiger partial charge is 0.382 e. The monoisotopic (exact) mass is 338 g/mol. The van der Waals surface area contributed by atoms with E-state index in [1.165, 1.54) is 11.3 Å². The van der Waals surface area contributed by atoms with Crippen LogP contribution in [0.2, 0.25) is 0 Å². The third-order valence-corrected chi connectivity index (χ3v) is 4.83. The fraction of sp³-hybridized carbons (Fsp3) is 0.381. The van der Waals surface area contributed by atoms with Crippen LogP contribution in [0.1, 0.15) is 34.3 Å². The molecule has 0 unspecified atom stereocenters. The zero-order chi connectivity index (χ0) is 17.6. The lowest BCUT2D eigenvalue weighted by atomic mass is 10.0. The van der Waals surface area contributed by atoms with E-state index in [2.05, 4.69) is 36.5 Å². The van der Waals surface area contributed by atoms with Gasteiger partial charge in [-0.1, -0.05) is 36.4 Å². The first-order valence-corrected chi connectivity index (χ1v) is 8.87. The summed E-state index contributed by atoms with van der Waals surface area (Å²) in [5, 5.41) is 3.62. The van der Waals surface area contributed by atoms with Gasteiger partial charge in [0.05, 0.1) is 6.61 Å². The zero-order valence-electron chi connectivity index (χ0n) is 15.0. The van der Waals surface area contributed by atoms with Gasteiger partial charge in [-0.15, -0.1) is 0 Å². The summed E-state index contributed by atoms with van der Waals surface area (Å²) in [6.45, 7) is 4.15. The molecule has 1 heterocycles. The lowest BCUT2D eigenvalue weighted by Gasteiger charge is -2.33. The summed E-state index contributed by atoms with van der Waals surface area (Å²) in [4.78, 5) is 14.8. The molecule has 1 N–H and O–H groups in total. The van der Waals surface area contributed by atoms with Crippen LogP contribution in [0.15, 0.2) is 48.5 Å². The molecule has 1 saturated heterocycles. The van der Waals surface area contributed by atoms with Crippen LogP contribution >= 0.6 is 0 Å². The number of amides is 1. The Balaban J connectivity index is 1.61. The molecule has 1 aliphatic rings. The van der Waals surface area contributed by atoms with Crippen LogP contribution in [0.5, 0.6) is 0 Å². The second kappa shape index (κ2) is 8.17. The fourth-order valence-electron chi connectivity index (χ4n) is 3.36. The highest BCUT2D eigenvalue weighted by Crippen LogP contribution is 2.21. The van der Waals surface area contributed by atoms with E-state index in [1.807, 2.05) is 29.2 Å². The number of rotatable bonds is 5. The third-order valence-electron chi connectivity index (χ3n) is 4.83. The van der Waals surface area contributed by atoms with E-state index in [9.17, 15) is 4.79 Å². The van der Waals surface area contributed by atoms with Gasteiger partial charge < -0.3 is 15.0 Å². The van der Waals surface area contributed by atoms with E-state index in [0.717, 1.165) is 37.1 Å². The number of carbonyl (C=O) groups excluding carboxylic acids is 1. The molecule has 4 heteroatoms. The van der Waals surface area contributed by atoms with Crippen LogP contribution in [0.25, 0.3) is 0 Å². The summed E-state index contributed by atoms with van der Waals surface area (Å²) in [7, 11) is 1.66. The molecule has 0 saturated carbocycles. The summed E-state index contributed by atoms with van der Waals surface area (Å²) >= 11 is 0. The van der Waals surface area contributed by atoms with E-state index < -0.39 is 0 Å². The summed E-state index contributed by atoms with van der Waals surface area (Å²) in [6, 6.07) is 16.5. The van der Waals surface area contributed by atoms with Gasteiger partial charge in [0.25, 0.3) is 5.91 Å². The highest BCUT2D eigenvalue weighted by atomic mass is 16.5. The molecule has 1 fully saturated rings. The average Bonchev–Trinajstić information content (AvgIpc) is 2.64. The third kappa shape index (κ3) is 4.20. The maximum atomic E-state index is 12.9. The predicted octanol–water partition coefficient (Wildman–Crippen LogP) is 3.86. The van der Waals surface area contributed by atoms with Crippen molar-refractivity contribution in [3.8, 4) is 0 Å². The average molecular weight is 338 g/mol. The lowest BCUT2D eigenvalue weighted by molar-refractivity contribution is 0.0713.